The summed E-state index contributed by atoms with van der Waals surface area (Å²) in [4.78, 5) is 2.76. The maximum Gasteiger partial charge on any atom is 0.0149 e. The van der Waals surface area contributed by atoms with E-state index in [4.69, 9.17) is 0 Å². The van der Waals surface area contributed by atoms with Crippen molar-refractivity contribution in [3.8, 4) is 0 Å². The van der Waals surface area contributed by atoms with Gasteiger partial charge >= 0.3 is 0 Å². The molecular weight excluding hydrogens is 252 g/mol. The number of thioether (sulfide) groups is 1. The fourth-order valence-electron chi connectivity index (χ4n) is 4.13. The highest BCUT2D eigenvalue weighted by molar-refractivity contribution is 8.00. The molecule has 1 N–H and O–H groups in total. The Morgan fingerprint density at radius 3 is 2.16 bits per heavy atom. The molecule has 0 radical (unpaired) electrons. The molecule has 1 saturated carbocycles. The topological polar surface area (TPSA) is 15.3 Å². The predicted octanol–water partition coefficient (Wildman–Crippen LogP) is 3.37. The third-order valence-corrected chi connectivity index (χ3v) is 6.00. The second-order valence-electron chi connectivity index (χ2n) is 6.90. The van der Waals surface area contributed by atoms with E-state index in [0.29, 0.717) is 5.41 Å². The lowest BCUT2D eigenvalue weighted by molar-refractivity contribution is 0.127. The number of nitrogens with zero attached hydrogens (tertiary/aromatic N) is 1. The average Bonchev–Trinajstić information content (AvgIpc) is 2.54. The zero-order chi connectivity index (χ0) is 13.7. The molecule has 1 aliphatic carbocycles. The fourth-order valence-corrected chi connectivity index (χ4v) is 5.52. The predicted molar refractivity (Wildman–Crippen MR) is 87.0 cm³/mol. The third kappa shape index (κ3) is 4.64. The Hall–Kier alpha value is 0.270. The van der Waals surface area contributed by atoms with Gasteiger partial charge in [-0.2, -0.15) is 11.8 Å². The Balaban J connectivity index is 1.98. The molecule has 0 aromatic carbocycles. The molecule has 0 amide bonds. The van der Waals surface area contributed by atoms with Crippen LogP contribution in [0.25, 0.3) is 0 Å². The van der Waals surface area contributed by atoms with Gasteiger partial charge in [0.25, 0.3) is 0 Å². The zero-order valence-electron chi connectivity index (χ0n) is 13.1. The number of nitrogens with one attached hydrogen (secondary N) is 1. The van der Waals surface area contributed by atoms with E-state index >= 15 is 0 Å². The molecule has 2 unspecified atom stereocenters. The van der Waals surface area contributed by atoms with Crippen LogP contribution in [0.4, 0.5) is 0 Å². The summed E-state index contributed by atoms with van der Waals surface area (Å²) in [5.74, 6) is 0. The first kappa shape index (κ1) is 15.7. The van der Waals surface area contributed by atoms with Crippen LogP contribution in [0.2, 0.25) is 0 Å². The van der Waals surface area contributed by atoms with Gasteiger partial charge in [0.2, 0.25) is 0 Å². The molecule has 1 saturated heterocycles. The maximum absolute atomic E-state index is 3.49. The highest BCUT2D eigenvalue weighted by Gasteiger charge is 2.34. The van der Waals surface area contributed by atoms with Crippen molar-refractivity contribution < 1.29 is 0 Å². The van der Waals surface area contributed by atoms with E-state index in [9.17, 15) is 0 Å². The Labute approximate surface area is 124 Å². The lowest BCUT2D eigenvalue weighted by atomic mass is 9.79. The second kappa shape index (κ2) is 7.33. The summed E-state index contributed by atoms with van der Waals surface area (Å²) in [6.07, 6.45) is 8.65. The van der Waals surface area contributed by atoms with Gasteiger partial charge in [0, 0.05) is 36.7 Å². The number of rotatable bonds is 4. The molecular formula is C16H32N2S. The lowest BCUT2D eigenvalue weighted by Gasteiger charge is -2.42. The largest absolute Gasteiger partial charge is 0.319 e. The second-order valence-corrected chi connectivity index (χ2v) is 8.78. The minimum Gasteiger partial charge on any atom is -0.319 e. The molecule has 2 aliphatic rings. The van der Waals surface area contributed by atoms with Gasteiger partial charge < -0.3 is 10.2 Å². The van der Waals surface area contributed by atoms with Gasteiger partial charge in [0.1, 0.15) is 0 Å². The molecule has 0 bridgehead atoms. The standard InChI is InChI=1S/C16H32N2S/c1-14-10-18(11-15(2)19-14)13-16(12-17-3)8-6-4-5-7-9-16/h14-15,17H,4-13H2,1-3H3. The zero-order valence-corrected chi connectivity index (χ0v) is 13.9. The highest BCUT2D eigenvalue weighted by atomic mass is 32.2. The Morgan fingerprint density at radius 1 is 1.05 bits per heavy atom. The van der Waals surface area contributed by atoms with E-state index < -0.39 is 0 Å². The smallest absolute Gasteiger partial charge is 0.0149 e. The number of hydrogen-bond donors (Lipinski definition) is 1. The van der Waals surface area contributed by atoms with Crippen LogP contribution >= 0.6 is 11.8 Å². The first-order valence-electron chi connectivity index (χ1n) is 8.16. The van der Waals surface area contributed by atoms with Crippen LogP contribution in [0.1, 0.15) is 52.4 Å². The molecule has 1 heterocycles. The Bertz CT molecular complexity index is 251. The molecule has 0 aromatic heterocycles. The minimum absolute atomic E-state index is 0.548. The van der Waals surface area contributed by atoms with E-state index in [1.54, 1.807) is 0 Å². The van der Waals surface area contributed by atoms with Crippen LogP contribution in [0.5, 0.6) is 0 Å². The molecule has 2 atom stereocenters. The van der Waals surface area contributed by atoms with Crippen molar-refractivity contribution in [2.45, 2.75) is 62.9 Å². The fraction of sp³-hybridized carbons (Fsp3) is 1.00. The summed E-state index contributed by atoms with van der Waals surface area (Å²) >= 11 is 2.17. The van der Waals surface area contributed by atoms with Gasteiger partial charge in [-0.1, -0.05) is 39.5 Å². The average molecular weight is 285 g/mol. The molecule has 0 aromatic rings. The van der Waals surface area contributed by atoms with Crippen molar-refractivity contribution in [3.05, 3.63) is 0 Å². The third-order valence-electron chi connectivity index (χ3n) is 4.77. The van der Waals surface area contributed by atoms with Crippen LogP contribution < -0.4 is 5.32 Å². The molecule has 3 heteroatoms. The molecule has 0 spiro atoms. The summed E-state index contributed by atoms with van der Waals surface area (Å²) < 4.78 is 0. The molecule has 2 fully saturated rings. The minimum atomic E-state index is 0.548. The van der Waals surface area contributed by atoms with Crippen molar-refractivity contribution in [1.82, 2.24) is 10.2 Å². The summed E-state index contributed by atoms with van der Waals surface area (Å²) in [7, 11) is 2.13. The van der Waals surface area contributed by atoms with E-state index in [0.717, 1.165) is 10.5 Å². The Kier molecular flexibility index (Phi) is 6.04. The lowest BCUT2D eigenvalue weighted by Crippen LogP contribution is -2.49. The van der Waals surface area contributed by atoms with Crippen molar-refractivity contribution >= 4 is 11.8 Å². The Morgan fingerprint density at radius 2 is 1.63 bits per heavy atom. The van der Waals surface area contributed by atoms with Crippen molar-refractivity contribution in [2.75, 3.05) is 33.2 Å². The summed E-state index contributed by atoms with van der Waals surface area (Å²) in [5.41, 5.74) is 0.548. The first-order valence-corrected chi connectivity index (χ1v) is 9.10. The first-order chi connectivity index (χ1) is 9.13. The van der Waals surface area contributed by atoms with Crippen LogP contribution in [-0.4, -0.2) is 48.6 Å². The van der Waals surface area contributed by atoms with Gasteiger partial charge in [0.05, 0.1) is 0 Å². The van der Waals surface area contributed by atoms with E-state index in [-0.39, 0.29) is 0 Å². The van der Waals surface area contributed by atoms with E-state index in [1.807, 2.05) is 0 Å². The van der Waals surface area contributed by atoms with E-state index in [1.165, 1.54) is 64.7 Å². The summed E-state index contributed by atoms with van der Waals surface area (Å²) in [6, 6.07) is 0. The van der Waals surface area contributed by atoms with Gasteiger partial charge in [-0.05, 0) is 25.3 Å². The molecule has 1 aliphatic heterocycles. The van der Waals surface area contributed by atoms with Gasteiger partial charge in [-0.15, -0.1) is 0 Å². The number of hydrogen-bond acceptors (Lipinski definition) is 3. The van der Waals surface area contributed by atoms with Crippen molar-refractivity contribution in [3.63, 3.8) is 0 Å². The van der Waals surface area contributed by atoms with Crippen LogP contribution in [0.15, 0.2) is 0 Å². The van der Waals surface area contributed by atoms with Gasteiger partial charge in [-0.25, -0.2) is 0 Å². The molecule has 112 valence electrons. The molecule has 2 rings (SSSR count). The summed E-state index contributed by atoms with van der Waals surface area (Å²) in [5, 5.41) is 5.10. The van der Waals surface area contributed by atoms with Crippen LogP contribution in [0.3, 0.4) is 0 Å². The van der Waals surface area contributed by atoms with Crippen molar-refractivity contribution in [1.29, 1.82) is 0 Å². The monoisotopic (exact) mass is 284 g/mol. The van der Waals surface area contributed by atoms with Crippen molar-refractivity contribution in [2.24, 2.45) is 5.41 Å². The normalized spacial score (nSPS) is 33.0. The SMILES string of the molecule is CNCC1(CN2CC(C)SC(C)C2)CCCCCC1. The molecule has 2 nitrogen and oxygen atoms in total. The van der Waals surface area contributed by atoms with E-state index in [2.05, 4.69) is 42.9 Å². The molecule has 19 heavy (non-hydrogen) atoms. The van der Waals surface area contributed by atoms with Gasteiger partial charge in [0.15, 0.2) is 0 Å². The summed E-state index contributed by atoms with van der Waals surface area (Å²) in [6.45, 7) is 9.90. The quantitative estimate of drug-likeness (QED) is 0.797. The maximum atomic E-state index is 3.49. The van der Waals surface area contributed by atoms with Crippen LogP contribution in [-0.2, 0) is 0 Å². The van der Waals surface area contributed by atoms with Crippen LogP contribution in [0, 0.1) is 5.41 Å². The van der Waals surface area contributed by atoms with Gasteiger partial charge in [-0.3, -0.25) is 0 Å². The highest BCUT2D eigenvalue weighted by Crippen LogP contribution is 2.37.